The van der Waals surface area contributed by atoms with Crippen LogP contribution in [0.2, 0.25) is 0 Å². The maximum atomic E-state index is 5.06. The summed E-state index contributed by atoms with van der Waals surface area (Å²) in [6, 6.07) is 2.35. The van der Waals surface area contributed by atoms with Crippen molar-refractivity contribution in [3.05, 3.63) is 39.5 Å². The number of hydrogen-bond acceptors (Lipinski definition) is 5. The number of rotatable bonds is 4. The van der Waals surface area contributed by atoms with E-state index < -0.39 is 0 Å². The largest absolute Gasteiger partial charge is 0.369 e. The molecule has 2 aliphatic rings. The van der Waals surface area contributed by atoms with Crippen LogP contribution in [0.3, 0.4) is 0 Å². The van der Waals surface area contributed by atoms with Gasteiger partial charge in [0.1, 0.15) is 5.82 Å². The monoisotopic (exact) mass is 356 g/mol. The maximum absolute atomic E-state index is 5.06. The van der Waals surface area contributed by atoms with Crippen LogP contribution < -0.4 is 5.32 Å². The Hall–Kier alpha value is -1.46. The van der Waals surface area contributed by atoms with Crippen molar-refractivity contribution < 1.29 is 0 Å². The lowest BCUT2D eigenvalue weighted by atomic mass is 9.95. The van der Waals surface area contributed by atoms with E-state index in [-0.39, 0.29) is 0 Å². The van der Waals surface area contributed by atoms with E-state index in [9.17, 15) is 0 Å². The molecule has 2 aliphatic heterocycles. The van der Waals surface area contributed by atoms with Gasteiger partial charge in [-0.15, -0.1) is 11.3 Å². The fraction of sp³-hybridized carbons (Fsp3) is 0.600. The van der Waals surface area contributed by atoms with Crippen LogP contribution in [0.1, 0.15) is 60.4 Å². The predicted octanol–water partition coefficient (Wildman–Crippen LogP) is 4.10. The van der Waals surface area contributed by atoms with Gasteiger partial charge in [0, 0.05) is 35.5 Å². The van der Waals surface area contributed by atoms with Crippen molar-refractivity contribution in [3.8, 4) is 0 Å². The molecule has 0 radical (unpaired) electrons. The second-order valence-corrected chi connectivity index (χ2v) is 8.89. The highest BCUT2D eigenvalue weighted by molar-refractivity contribution is 7.09. The molecular formula is C20H28N4S. The summed E-state index contributed by atoms with van der Waals surface area (Å²) in [7, 11) is 2.21. The van der Waals surface area contributed by atoms with E-state index in [1.54, 1.807) is 0 Å². The predicted molar refractivity (Wildman–Crippen MR) is 105 cm³/mol. The first-order valence-corrected chi connectivity index (χ1v) is 10.3. The minimum Gasteiger partial charge on any atom is -0.369 e. The molecule has 25 heavy (non-hydrogen) atoms. The first-order chi connectivity index (χ1) is 12.1. The van der Waals surface area contributed by atoms with E-state index in [0.29, 0.717) is 17.8 Å². The molecule has 1 fully saturated rings. The van der Waals surface area contributed by atoms with E-state index >= 15 is 0 Å². The van der Waals surface area contributed by atoms with Crippen LogP contribution in [0.25, 0.3) is 0 Å². The minimum absolute atomic E-state index is 0.353. The van der Waals surface area contributed by atoms with Crippen molar-refractivity contribution in [2.24, 2.45) is 5.92 Å². The quantitative estimate of drug-likeness (QED) is 0.895. The number of nitrogens with one attached hydrogen (secondary N) is 1. The van der Waals surface area contributed by atoms with Crippen LogP contribution in [-0.2, 0) is 6.42 Å². The van der Waals surface area contributed by atoms with Crippen LogP contribution in [0, 0.1) is 5.92 Å². The zero-order chi connectivity index (χ0) is 17.4. The molecule has 0 bridgehead atoms. The first kappa shape index (κ1) is 17.0. The summed E-state index contributed by atoms with van der Waals surface area (Å²) in [5.41, 5.74) is 3.90. The van der Waals surface area contributed by atoms with Gasteiger partial charge >= 0.3 is 0 Å². The third-order valence-corrected chi connectivity index (χ3v) is 6.46. The molecule has 4 nitrogen and oxygen atoms in total. The van der Waals surface area contributed by atoms with Gasteiger partial charge in [-0.2, -0.15) is 0 Å². The van der Waals surface area contributed by atoms with Gasteiger partial charge in [0.25, 0.3) is 0 Å². The van der Waals surface area contributed by atoms with Crippen LogP contribution in [-0.4, -0.2) is 41.5 Å². The summed E-state index contributed by atoms with van der Waals surface area (Å²) < 4.78 is 0. The first-order valence-electron chi connectivity index (χ1n) is 9.46. The lowest BCUT2D eigenvalue weighted by molar-refractivity contribution is 0.255. The third-order valence-electron chi connectivity index (χ3n) is 5.43. The number of fused-ring (bicyclic) bond motifs is 1. The summed E-state index contributed by atoms with van der Waals surface area (Å²) in [6.07, 6.45) is 5.59. The second-order valence-electron chi connectivity index (χ2n) is 8.00. The summed E-state index contributed by atoms with van der Waals surface area (Å²) in [5, 5.41) is 7.09. The molecule has 0 saturated carbocycles. The van der Waals surface area contributed by atoms with E-state index in [0.717, 1.165) is 18.8 Å². The number of nitrogens with zero attached hydrogens (tertiary/aromatic N) is 3. The summed E-state index contributed by atoms with van der Waals surface area (Å²) in [5.74, 6) is 2.70. The van der Waals surface area contributed by atoms with Gasteiger partial charge in [-0.25, -0.2) is 9.97 Å². The Morgan fingerprint density at radius 1 is 1.32 bits per heavy atom. The number of anilines is 1. The second kappa shape index (κ2) is 7.04. The van der Waals surface area contributed by atoms with Gasteiger partial charge in [-0.1, -0.05) is 13.8 Å². The normalized spacial score (nSPS) is 21.5. The zero-order valence-corrected chi connectivity index (χ0v) is 16.3. The molecule has 4 heterocycles. The fourth-order valence-corrected chi connectivity index (χ4v) is 5.04. The van der Waals surface area contributed by atoms with E-state index in [4.69, 9.17) is 4.98 Å². The van der Waals surface area contributed by atoms with Gasteiger partial charge in [0.2, 0.25) is 0 Å². The molecule has 5 heteroatoms. The van der Waals surface area contributed by atoms with Crippen molar-refractivity contribution in [1.82, 2.24) is 14.9 Å². The molecule has 1 saturated heterocycles. The number of piperidine rings is 1. The molecule has 2 aromatic heterocycles. The molecule has 2 aromatic rings. The SMILES string of the molecule is CC(C)Cc1cnc2c(c1)C(c1csc(C3CCN(C)CC3)n1)CN2. The minimum atomic E-state index is 0.353. The highest BCUT2D eigenvalue weighted by Crippen LogP contribution is 2.38. The average Bonchev–Trinajstić information content (AvgIpc) is 3.21. The van der Waals surface area contributed by atoms with Gasteiger partial charge in [0.05, 0.1) is 10.7 Å². The highest BCUT2D eigenvalue weighted by atomic mass is 32.1. The van der Waals surface area contributed by atoms with Gasteiger partial charge in [0.15, 0.2) is 0 Å². The average molecular weight is 357 g/mol. The summed E-state index contributed by atoms with van der Waals surface area (Å²) in [4.78, 5) is 12.1. The zero-order valence-electron chi connectivity index (χ0n) is 15.5. The Morgan fingerprint density at radius 2 is 2.12 bits per heavy atom. The van der Waals surface area contributed by atoms with E-state index in [2.05, 4.69) is 47.5 Å². The Labute approximate surface area is 154 Å². The molecule has 1 unspecified atom stereocenters. The van der Waals surface area contributed by atoms with Gasteiger partial charge < -0.3 is 10.2 Å². The van der Waals surface area contributed by atoms with Crippen molar-refractivity contribution in [2.75, 3.05) is 32.0 Å². The maximum Gasteiger partial charge on any atom is 0.129 e. The molecule has 1 N–H and O–H groups in total. The topological polar surface area (TPSA) is 41.1 Å². The highest BCUT2D eigenvalue weighted by Gasteiger charge is 2.29. The smallest absolute Gasteiger partial charge is 0.129 e. The standard InChI is InChI=1S/C20H28N4S/c1-13(2)8-14-9-16-17(11-22-19(16)21-10-14)18-12-25-20(23-18)15-4-6-24(3)7-5-15/h9-10,12-13,15,17H,4-8,11H2,1-3H3,(H,21,22). The Kier molecular flexibility index (Phi) is 4.78. The number of hydrogen-bond donors (Lipinski definition) is 1. The lowest BCUT2D eigenvalue weighted by Crippen LogP contribution is -2.29. The molecule has 0 aromatic carbocycles. The van der Waals surface area contributed by atoms with Crippen molar-refractivity contribution in [1.29, 1.82) is 0 Å². The van der Waals surface area contributed by atoms with Crippen LogP contribution >= 0.6 is 11.3 Å². The number of likely N-dealkylation sites (tertiary alicyclic amines) is 1. The lowest BCUT2D eigenvalue weighted by Gasteiger charge is -2.27. The van der Waals surface area contributed by atoms with Crippen molar-refractivity contribution in [3.63, 3.8) is 0 Å². The third kappa shape index (κ3) is 3.58. The molecule has 134 valence electrons. The van der Waals surface area contributed by atoms with Crippen LogP contribution in [0.5, 0.6) is 0 Å². The molecule has 0 aliphatic carbocycles. The Balaban J connectivity index is 1.54. The summed E-state index contributed by atoms with van der Waals surface area (Å²) >= 11 is 1.86. The fourth-order valence-electron chi connectivity index (χ4n) is 4.00. The van der Waals surface area contributed by atoms with Crippen molar-refractivity contribution >= 4 is 17.2 Å². The van der Waals surface area contributed by atoms with Crippen LogP contribution in [0.15, 0.2) is 17.6 Å². The summed E-state index contributed by atoms with van der Waals surface area (Å²) in [6.45, 7) is 7.82. The molecule has 4 rings (SSSR count). The molecule has 0 amide bonds. The Bertz CT molecular complexity index is 731. The molecular weight excluding hydrogens is 328 g/mol. The van der Waals surface area contributed by atoms with E-state index in [1.165, 1.54) is 47.8 Å². The number of thiazole rings is 1. The molecule has 1 atom stereocenters. The van der Waals surface area contributed by atoms with E-state index in [1.807, 2.05) is 17.5 Å². The molecule has 0 spiro atoms. The van der Waals surface area contributed by atoms with Crippen LogP contribution in [0.4, 0.5) is 5.82 Å². The number of aromatic nitrogens is 2. The van der Waals surface area contributed by atoms with Gasteiger partial charge in [-0.05, 0) is 56.9 Å². The number of pyridine rings is 1. The Morgan fingerprint density at radius 3 is 2.88 bits per heavy atom. The van der Waals surface area contributed by atoms with Gasteiger partial charge in [-0.3, -0.25) is 0 Å². The van der Waals surface area contributed by atoms with Crippen molar-refractivity contribution in [2.45, 2.75) is 44.9 Å².